The van der Waals surface area contributed by atoms with Crippen LogP contribution in [0, 0.1) is 0 Å². The zero-order chi connectivity index (χ0) is 27.5. The van der Waals surface area contributed by atoms with E-state index in [4.69, 9.17) is 13.3 Å². The maximum absolute atomic E-state index is 12.0. The molecule has 0 aliphatic carbocycles. The van der Waals surface area contributed by atoms with Crippen LogP contribution in [0.2, 0.25) is 5.04 Å². The molecule has 0 spiro atoms. The van der Waals surface area contributed by atoms with E-state index in [1.165, 1.54) is 0 Å². The maximum Gasteiger partial charge on any atom is 0.264 e. The summed E-state index contributed by atoms with van der Waals surface area (Å²) in [5.74, 6) is 0. The second-order valence-corrected chi connectivity index (χ2v) is 17.5. The van der Waals surface area contributed by atoms with Crippen molar-refractivity contribution >= 4 is 28.8 Å². The fourth-order valence-corrected chi connectivity index (χ4v) is 10.6. The second kappa shape index (κ2) is 11.1. The highest BCUT2D eigenvalue weighted by Gasteiger charge is 2.54. The summed E-state index contributed by atoms with van der Waals surface area (Å²) in [5.41, 5.74) is -2.10. The predicted molar refractivity (Wildman–Crippen MR) is 151 cm³/mol. The van der Waals surface area contributed by atoms with Crippen LogP contribution >= 0.6 is 0 Å². The molecule has 1 aliphatic heterocycles. The summed E-state index contributed by atoms with van der Waals surface area (Å²) in [6.45, 7) is 14.1. The van der Waals surface area contributed by atoms with E-state index in [0.717, 1.165) is 16.6 Å². The SMILES string of the molecule is C=CC[C@@H](OS(C)(=O)=O)[C@]1(C)CC[C@](C)(O)[C@@H](CO[Si](c2ccccc2)(c2ccccc2)C(C)(C)C)O1. The van der Waals surface area contributed by atoms with Crippen molar-refractivity contribution in [1.82, 2.24) is 0 Å². The molecule has 37 heavy (non-hydrogen) atoms. The lowest BCUT2D eigenvalue weighted by atomic mass is 9.80. The van der Waals surface area contributed by atoms with E-state index >= 15 is 0 Å². The minimum atomic E-state index is -3.72. The van der Waals surface area contributed by atoms with Gasteiger partial charge in [0, 0.05) is 0 Å². The Morgan fingerprint density at radius 1 is 1.08 bits per heavy atom. The normalized spacial score (nSPS) is 26.0. The zero-order valence-electron chi connectivity index (χ0n) is 22.9. The lowest BCUT2D eigenvalue weighted by Gasteiger charge is -2.50. The van der Waals surface area contributed by atoms with Gasteiger partial charge in [0.25, 0.3) is 18.4 Å². The van der Waals surface area contributed by atoms with Gasteiger partial charge in [-0.1, -0.05) is 87.5 Å². The molecule has 0 unspecified atom stereocenters. The van der Waals surface area contributed by atoms with E-state index in [-0.39, 0.29) is 11.6 Å². The van der Waals surface area contributed by atoms with Crippen molar-refractivity contribution in [2.24, 2.45) is 0 Å². The van der Waals surface area contributed by atoms with Crippen LogP contribution in [-0.2, 0) is 23.5 Å². The quantitative estimate of drug-likeness (QED) is 0.274. The smallest absolute Gasteiger partial charge is 0.264 e. The Kier molecular flexibility index (Phi) is 8.94. The van der Waals surface area contributed by atoms with Crippen LogP contribution in [-0.4, -0.2) is 58.1 Å². The Labute approximate surface area is 223 Å². The summed E-state index contributed by atoms with van der Waals surface area (Å²) in [7, 11) is -6.58. The Hall–Kier alpha value is -1.81. The van der Waals surface area contributed by atoms with Gasteiger partial charge in [0.1, 0.15) is 12.2 Å². The first-order chi connectivity index (χ1) is 17.1. The third-order valence-electron chi connectivity index (χ3n) is 7.45. The summed E-state index contributed by atoms with van der Waals surface area (Å²) >= 11 is 0. The minimum absolute atomic E-state index is 0.148. The van der Waals surface area contributed by atoms with Crippen molar-refractivity contribution < 1.29 is 26.9 Å². The largest absolute Gasteiger partial charge is 0.405 e. The summed E-state index contributed by atoms with van der Waals surface area (Å²) in [5, 5.41) is 13.4. The Bertz CT molecular complexity index is 1100. The first kappa shape index (κ1) is 29.7. The number of hydrogen-bond acceptors (Lipinski definition) is 6. The lowest BCUT2D eigenvalue weighted by Crippen LogP contribution is -2.68. The Balaban J connectivity index is 2.01. The molecule has 1 fully saturated rings. The molecule has 4 atom stereocenters. The topological polar surface area (TPSA) is 82.1 Å². The molecule has 0 saturated carbocycles. The van der Waals surface area contributed by atoms with E-state index < -0.39 is 41.8 Å². The van der Waals surface area contributed by atoms with Gasteiger partial charge in [0.05, 0.1) is 24.1 Å². The highest BCUT2D eigenvalue weighted by atomic mass is 32.2. The summed E-state index contributed by atoms with van der Waals surface area (Å²) in [6, 6.07) is 20.6. The van der Waals surface area contributed by atoms with Crippen molar-refractivity contribution in [3.63, 3.8) is 0 Å². The van der Waals surface area contributed by atoms with E-state index in [1.54, 1.807) is 13.0 Å². The maximum atomic E-state index is 12.0. The van der Waals surface area contributed by atoms with Gasteiger partial charge in [-0.2, -0.15) is 8.42 Å². The van der Waals surface area contributed by atoms with E-state index in [9.17, 15) is 13.5 Å². The van der Waals surface area contributed by atoms with Crippen LogP contribution < -0.4 is 10.4 Å². The Morgan fingerprint density at radius 3 is 2.03 bits per heavy atom. The van der Waals surface area contributed by atoms with Gasteiger partial charge in [-0.3, -0.25) is 4.18 Å². The monoisotopic (exact) mass is 546 g/mol. The standard InChI is InChI=1S/C29H42O6SSi/c1-8-15-25(35-36(7,31)32)29(6)21-20-28(5,30)26(34-29)22-33-37(27(2,3)4,23-16-11-9-12-17-23)24-18-13-10-14-19-24/h8-14,16-19,25-26,30H,1,15,20-22H2,2-7H3/t25-,26-,28+,29+/m1/s1. The molecule has 1 aliphatic rings. The van der Waals surface area contributed by atoms with Gasteiger partial charge in [0.15, 0.2) is 0 Å². The van der Waals surface area contributed by atoms with E-state index in [2.05, 4.69) is 51.6 Å². The van der Waals surface area contributed by atoms with Gasteiger partial charge in [-0.05, 0) is 48.5 Å². The third kappa shape index (κ3) is 6.61. The number of hydrogen-bond donors (Lipinski definition) is 1. The first-order valence-corrected chi connectivity index (χ1v) is 16.5. The molecular formula is C29H42O6SSi. The molecular weight excluding hydrogens is 504 g/mol. The highest BCUT2D eigenvalue weighted by molar-refractivity contribution is 7.86. The average molecular weight is 547 g/mol. The number of benzene rings is 2. The van der Waals surface area contributed by atoms with Crippen LogP contribution in [0.15, 0.2) is 73.3 Å². The van der Waals surface area contributed by atoms with Crippen LogP contribution in [0.5, 0.6) is 0 Å². The van der Waals surface area contributed by atoms with Crippen LogP contribution in [0.1, 0.15) is 53.9 Å². The molecule has 2 aromatic carbocycles. The number of rotatable bonds is 10. The Morgan fingerprint density at radius 2 is 1.59 bits per heavy atom. The average Bonchev–Trinajstić information content (AvgIpc) is 2.81. The molecule has 3 rings (SSSR count). The van der Waals surface area contributed by atoms with Gasteiger partial charge < -0.3 is 14.3 Å². The first-order valence-electron chi connectivity index (χ1n) is 12.8. The van der Waals surface area contributed by atoms with Crippen LogP contribution in [0.4, 0.5) is 0 Å². The fraction of sp³-hybridized carbons (Fsp3) is 0.517. The number of aliphatic hydroxyl groups is 1. The molecule has 1 saturated heterocycles. The molecule has 1 N–H and O–H groups in total. The molecule has 204 valence electrons. The fourth-order valence-electron chi connectivity index (χ4n) is 5.34. The van der Waals surface area contributed by atoms with Crippen molar-refractivity contribution in [1.29, 1.82) is 0 Å². The van der Waals surface area contributed by atoms with Crippen molar-refractivity contribution in [3.05, 3.63) is 73.3 Å². The zero-order valence-corrected chi connectivity index (χ0v) is 24.8. The van der Waals surface area contributed by atoms with Crippen molar-refractivity contribution in [2.75, 3.05) is 12.9 Å². The van der Waals surface area contributed by atoms with Gasteiger partial charge in [-0.25, -0.2) is 0 Å². The number of ether oxygens (including phenoxy) is 1. The van der Waals surface area contributed by atoms with E-state index in [1.807, 2.05) is 43.3 Å². The predicted octanol–water partition coefficient (Wildman–Crippen LogP) is 4.17. The summed E-state index contributed by atoms with van der Waals surface area (Å²) in [6.07, 6.45) is 2.37. The van der Waals surface area contributed by atoms with Crippen molar-refractivity contribution in [2.45, 2.75) is 82.3 Å². The van der Waals surface area contributed by atoms with Gasteiger partial charge in [-0.15, -0.1) is 6.58 Å². The van der Waals surface area contributed by atoms with Crippen molar-refractivity contribution in [3.8, 4) is 0 Å². The second-order valence-electron chi connectivity index (χ2n) is 11.6. The molecule has 0 radical (unpaired) electrons. The molecule has 0 bridgehead atoms. The minimum Gasteiger partial charge on any atom is -0.405 e. The van der Waals surface area contributed by atoms with Crippen LogP contribution in [0.25, 0.3) is 0 Å². The summed E-state index contributed by atoms with van der Waals surface area (Å²) < 4.78 is 43.0. The molecule has 2 aromatic rings. The van der Waals surface area contributed by atoms with Gasteiger partial charge in [0.2, 0.25) is 0 Å². The van der Waals surface area contributed by atoms with E-state index in [0.29, 0.717) is 19.3 Å². The molecule has 1 heterocycles. The molecule has 6 nitrogen and oxygen atoms in total. The molecule has 0 aromatic heterocycles. The highest BCUT2D eigenvalue weighted by Crippen LogP contribution is 2.42. The third-order valence-corrected chi connectivity index (χ3v) is 13.0. The van der Waals surface area contributed by atoms with Gasteiger partial charge >= 0.3 is 0 Å². The lowest BCUT2D eigenvalue weighted by molar-refractivity contribution is -0.238. The van der Waals surface area contributed by atoms with Crippen LogP contribution in [0.3, 0.4) is 0 Å². The molecule has 0 amide bonds. The summed E-state index contributed by atoms with van der Waals surface area (Å²) in [4.78, 5) is 0. The molecule has 8 heteroatoms.